The van der Waals surface area contributed by atoms with Crippen molar-refractivity contribution in [3.8, 4) is 5.69 Å². The molecule has 118 valence electrons. The fourth-order valence-corrected chi connectivity index (χ4v) is 2.43. The highest BCUT2D eigenvalue weighted by Crippen LogP contribution is 2.24. The molecule has 2 N–H and O–H groups in total. The zero-order valence-electron chi connectivity index (χ0n) is 12.1. The molecule has 7 heteroatoms. The van der Waals surface area contributed by atoms with Gasteiger partial charge in [0.15, 0.2) is 0 Å². The van der Waals surface area contributed by atoms with Crippen LogP contribution in [0.15, 0.2) is 30.6 Å². The third-order valence-corrected chi connectivity index (χ3v) is 3.77. The van der Waals surface area contributed by atoms with Crippen molar-refractivity contribution < 1.29 is 9.90 Å². The Balaban J connectivity index is 2.06. The summed E-state index contributed by atoms with van der Waals surface area (Å²) in [6, 6.07) is 5.07. The first-order valence-corrected chi connectivity index (χ1v) is 7.66. The molecule has 0 saturated heterocycles. The molecule has 22 heavy (non-hydrogen) atoms. The summed E-state index contributed by atoms with van der Waals surface area (Å²) in [5, 5.41) is 16.8. The van der Waals surface area contributed by atoms with E-state index in [2.05, 4.69) is 10.4 Å². The Morgan fingerprint density at radius 2 is 2.23 bits per heavy atom. The van der Waals surface area contributed by atoms with Gasteiger partial charge >= 0.3 is 0 Å². The minimum atomic E-state index is -0.207. The summed E-state index contributed by atoms with van der Waals surface area (Å²) in [6.07, 6.45) is 3.75. The Morgan fingerprint density at radius 3 is 2.91 bits per heavy atom. The molecule has 0 spiro atoms. The summed E-state index contributed by atoms with van der Waals surface area (Å²) >= 11 is 12.0. The Morgan fingerprint density at radius 1 is 1.45 bits per heavy atom. The van der Waals surface area contributed by atoms with Crippen LogP contribution in [0.4, 0.5) is 0 Å². The summed E-state index contributed by atoms with van der Waals surface area (Å²) < 4.78 is 1.53. The number of aliphatic hydroxyl groups excluding tert-OH is 1. The van der Waals surface area contributed by atoms with Crippen molar-refractivity contribution in [1.82, 2.24) is 15.1 Å². The monoisotopic (exact) mass is 341 g/mol. The van der Waals surface area contributed by atoms with Gasteiger partial charge in [0.1, 0.15) is 0 Å². The molecule has 1 aromatic heterocycles. The predicted molar refractivity (Wildman–Crippen MR) is 86.8 cm³/mol. The van der Waals surface area contributed by atoms with Gasteiger partial charge in [0, 0.05) is 24.4 Å². The molecular formula is C15H17Cl2N3O2. The number of nitrogens with zero attached hydrogens (tertiary/aromatic N) is 2. The van der Waals surface area contributed by atoms with E-state index >= 15 is 0 Å². The molecule has 5 nitrogen and oxygen atoms in total. The molecular weight excluding hydrogens is 325 g/mol. The van der Waals surface area contributed by atoms with Crippen LogP contribution in [0.5, 0.6) is 0 Å². The molecule has 0 fully saturated rings. The van der Waals surface area contributed by atoms with Gasteiger partial charge in [-0.25, -0.2) is 4.68 Å². The minimum absolute atomic E-state index is 0.115. The molecule has 0 aliphatic carbocycles. The minimum Gasteiger partial charge on any atom is -0.396 e. The van der Waals surface area contributed by atoms with Crippen molar-refractivity contribution in [3.63, 3.8) is 0 Å². The van der Waals surface area contributed by atoms with Gasteiger partial charge < -0.3 is 10.4 Å². The van der Waals surface area contributed by atoms with Crippen molar-refractivity contribution in [2.75, 3.05) is 13.2 Å². The maximum Gasteiger partial charge on any atom is 0.254 e. The first kappa shape index (κ1) is 16.8. The summed E-state index contributed by atoms with van der Waals surface area (Å²) in [4.78, 5) is 12.1. The van der Waals surface area contributed by atoms with Gasteiger partial charge in [-0.05, 0) is 30.5 Å². The SMILES string of the molecule is CC(CCO)CNC(=O)c1cnn(-c2ccc(Cl)cc2Cl)c1. The summed E-state index contributed by atoms with van der Waals surface area (Å²) in [5.74, 6) is 0.0100. The van der Waals surface area contributed by atoms with E-state index in [4.69, 9.17) is 28.3 Å². The van der Waals surface area contributed by atoms with Gasteiger partial charge in [-0.3, -0.25) is 4.79 Å². The topological polar surface area (TPSA) is 67.2 Å². The number of halogens is 2. The number of aliphatic hydroxyl groups is 1. The highest BCUT2D eigenvalue weighted by Gasteiger charge is 2.12. The van der Waals surface area contributed by atoms with Crippen LogP contribution >= 0.6 is 23.2 Å². The maximum atomic E-state index is 12.1. The molecule has 0 bridgehead atoms. The lowest BCUT2D eigenvalue weighted by molar-refractivity contribution is 0.0945. The average molecular weight is 342 g/mol. The van der Waals surface area contributed by atoms with E-state index in [-0.39, 0.29) is 18.4 Å². The Bertz CT molecular complexity index is 658. The molecule has 1 heterocycles. The summed E-state index contributed by atoms with van der Waals surface area (Å²) in [5.41, 5.74) is 1.10. The maximum absolute atomic E-state index is 12.1. The van der Waals surface area contributed by atoms with Crippen molar-refractivity contribution in [2.24, 2.45) is 5.92 Å². The number of hydrogen-bond donors (Lipinski definition) is 2. The molecule has 1 aromatic carbocycles. The van der Waals surface area contributed by atoms with E-state index in [1.54, 1.807) is 24.4 Å². The van der Waals surface area contributed by atoms with Crippen molar-refractivity contribution >= 4 is 29.1 Å². The molecule has 0 saturated carbocycles. The van der Waals surface area contributed by atoms with Gasteiger partial charge in [0.05, 0.1) is 22.5 Å². The molecule has 0 radical (unpaired) electrons. The lowest BCUT2D eigenvalue weighted by atomic mass is 10.1. The normalized spacial score (nSPS) is 12.2. The van der Waals surface area contributed by atoms with Crippen LogP contribution in [0.1, 0.15) is 23.7 Å². The third-order valence-electron chi connectivity index (χ3n) is 3.23. The van der Waals surface area contributed by atoms with E-state index in [9.17, 15) is 4.79 Å². The molecule has 0 aliphatic heterocycles. The predicted octanol–water partition coefficient (Wildman–Crippen LogP) is 2.93. The Kier molecular flexibility index (Phi) is 5.83. The second kappa shape index (κ2) is 7.63. The first-order chi connectivity index (χ1) is 10.5. The van der Waals surface area contributed by atoms with E-state index in [0.717, 1.165) is 0 Å². The number of hydrogen-bond acceptors (Lipinski definition) is 3. The highest BCUT2D eigenvalue weighted by molar-refractivity contribution is 6.35. The molecule has 2 rings (SSSR count). The zero-order valence-corrected chi connectivity index (χ0v) is 13.6. The lowest BCUT2D eigenvalue weighted by Gasteiger charge is -2.10. The number of carbonyl (C=O) groups is 1. The summed E-state index contributed by atoms with van der Waals surface area (Å²) in [6.45, 7) is 2.59. The van der Waals surface area contributed by atoms with Crippen LogP contribution in [-0.4, -0.2) is 33.9 Å². The smallest absolute Gasteiger partial charge is 0.254 e. The second-order valence-corrected chi connectivity index (χ2v) is 5.94. The van der Waals surface area contributed by atoms with Crippen LogP contribution in [0, 0.1) is 5.92 Å². The Labute approximate surface area is 138 Å². The van der Waals surface area contributed by atoms with Crippen LogP contribution < -0.4 is 5.32 Å². The molecule has 1 unspecified atom stereocenters. The largest absolute Gasteiger partial charge is 0.396 e. The fourth-order valence-electron chi connectivity index (χ4n) is 1.93. The standard InChI is InChI=1S/C15H17Cl2N3O2/c1-10(4-5-21)7-18-15(22)11-8-19-20(9-11)14-3-2-12(16)6-13(14)17/h2-3,6,8-10,21H,4-5,7H2,1H3,(H,18,22). The molecule has 2 aromatic rings. The number of carbonyl (C=O) groups excluding carboxylic acids is 1. The van der Waals surface area contributed by atoms with Gasteiger partial charge in [-0.15, -0.1) is 0 Å². The number of aromatic nitrogens is 2. The highest BCUT2D eigenvalue weighted by atomic mass is 35.5. The van der Waals surface area contributed by atoms with E-state index in [1.165, 1.54) is 10.9 Å². The van der Waals surface area contributed by atoms with Crippen LogP contribution in [0.2, 0.25) is 10.0 Å². The molecule has 1 atom stereocenters. The third kappa shape index (κ3) is 4.22. The van der Waals surface area contributed by atoms with Crippen LogP contribution in [0.25, 0.3) is 5.69 Å². The van der Waals surface area contributed by atoms with Crippen molar-refractivity contribution in [2.45, 2.75) is 13.3 Å². The van der Waals surface area contributed by atoms with E-state index in [1.807, 2.05) is 6.92 Å². The van der Waals surface area contributed by atoms with Gasteiger partial charge in [0.2, 0.25) is 0 Å². The van der Waals surface area contributed by atoms with Gasteiger partial charge in [0.25, 0.3) is 5.91 Å². The second-order valence-electron chi connectivity index (χ2n) is 5.10. The zero-order chi connectivity index (χ0) is 16.1. The average Bonchev–Trinajstić information content (AvgIpc) is 2.94. The quantitative estimate of drug-likeness (QED) is 0.848. The van der Waals surface area contributed by atoms with E-state index < -0.39 is 0 Å². The van der Waals surface area contributed by atoms with Crippen molar-refractivity contribution in [3.05, 3.63) is 46.2 Å². The number of nitrogens with one attached hydrogen (secondary N) is 1. The lowest BCUT2D eigenvalue weighted by Crippen LogP contribution is -2.28. The number of amides is 1. The molecule has 0 aliphatic rings. The van der Waals surface area contributed by atoms with Crippen molar-refractivity contribution in [1.29, 1.82) is 0 Å². The van der Waals surface area contributed by atoms with E-state index in [0.29, 0.717) is 34.3 Å². The number of rotatable bonds is 6. The fraction of sp³-hybridized carbons (Fsp3) is 0.333. The Hall–Kier alpha value is -1.56. The van der Waals surface area contributed by atoms with Gasteiger partial charge in [-0.2, -0.15) is 5.10 Å². The van der Waals surface area contributed by atoms with Crippen LogP contribution in [0.3, 0.4) is 0 Å². The first-order valence-electron chi connectivity index (χ1n) is 6.90. The summed E-state index contributed by atoms with van der Waals surface area (Å²) in [7, 11) is 0. The molecule has 1 amide bonds. The van der Waals surface area contributed by atoms with Gasteiger partial charge in [-0.1, -0.05) is 30.1 Å². The van der Waals surface area contributed by atoms with Crippen LogP contribution in [-0.2, 0) is 0 Å². The number of benzene rings is 1.